The molecule has 0 spiro atoms. The van der Waals surface area contributed by atoms with Gasteiger partial charge in [0, 0.05) is 12.8 Å². The van der Waals surface area contributed by atoms with E-state index in [2.05, 4.69) is 41.4 Å². The van der Waals surface area contributed by atoms with Crippen LogP contribution in [0.3, 0.4) is 0 Å². The van der Waals surface area contributed by atoms with E-state index in [1.54, 1.807) is 5.48 Å². The highest BCUT2D eigenvalue weighted by molar-refractivity contribution is 5.75. The zero-order chi connectivity index (χ0) is 15.1. The second kappa shape index (κ2) is 7.18. The molecular formula is C12H25N5O2. The van der Waals surface area contributed by atoms with Crippen LogP contribution in [0.4, 0.5) is 0 Å². The number of rotatable bonds is 2. The van der Waals surface area contributed by atoms with Gasteiger partial charge >= 0.3 is 0 Å². The van der Waals surface area contributed by atoms with Crippen molar-refractivity contribution in [2.75, 3.05) is 0 Å². The summed E-state index contributed by atoms with van der Waals surface area (Å²) in [7, 11) is 0. The van der Waals surface area contributed by atoms with E-state index >= 15 is 0 Å². The maximum Gasteiger partial charge on any atom is 0.243 e. The lowest BCUT2D eigenvalue weighted by molar-refractivity contribution is -0.131. The molecule has 7 nitrogen and oxygen atoms in total. The number of aromatic amines is 1. The van der Waals surface area contributed by atoms with E-state index in [-0.39, 0.29) is 16.7 Å². The third-order valence-corrected chi connectivity index (χ3v) is 1.89. The molecule has 110 valence electrons. The smallest absolute Gasteiger partial charge is 0.243 e. The Kier molecular flexibility index (Phi) is 6.61. The van der Waals surface area contributed by atoms with Gasteiger partial charge in [-0.2, -0.15) is 5.21 Å². The maximum atomic E-state index is 10.5. The van der Waals surface area contributed by atoms with Crippen LogP contribution in [0.1, 0.15) is 53.8 Å². The Hall–Kier alpha value is -1.50. The number of hydroxylamine groups is 1. The Morgan fingerprint density at radius 3 is 2.05 bits per heavy atom. The Labute approximate surface area is 114 Å². The highest BCUT2D eigenvalue weighted by Crippen LogP contribution is 2.17. The fourth-order valence-electron chi connectivity index (χ4n) is 1.25. The Balaban J connectivity index is 0.000000344. The molecule has 0 fully saturated rings. The van der Waals surface area contributed by atoms with Gasteiger partial charge < -0.3 is 0 Å². The number of amides is 1. The van der Waals surface area contributed by atoms with Crippen LogP contribution in [0.2, 0.25) is 0 Å². The quantitative estimate of drug-likeness (QED) is 0.561. The molecule has 0 aliphatic rings. The first-order valence-electron chi connectivity index (χ1n) is 6.19. The molecule has 7 heteroatoms. The van der Waals surface area contributed by atoms with Gasteiger partial charge in [-0.15, -0.1) is 10.2 Å². The molecule has 1 aromatic rings. The first-order valence-corrected chi connectivity index (χ1v) is 6.19. The van der Waals surface area contributed by atoms with Crippen LogP contribution in [0.15, 0.2) is 0 Å². The molecule has 0 saturated carbocycles. The molecule has 0 bridgehead atoms. The summed E-state index contributed by atoms with van der Waals surface area (Å²) in [6, 6.07) is 0. The van der Waals surface area contributed by atoms with Crippen molar-refractivity contribution >= 4 is 5.91 Å². The van der Waals surface area contributed by atoms with E-state index in [4.69, 9.17) is 5.21 Å². The maximum absolute atomic E-state index is 10.5. The van der Waals surface area contributed by atoms with Gasteiger partial charge in [-0.25, -0.2) is 5.48 Å². The topological polar surface area (TPSA) is 104 Å². The lowest BCUT2D eigenvalue weighted by Gasteiger charge is -2.15. The van der Waals surface area contributed by atoms with Crippen molar-refractivity contribution in [1.29, 1.82) is 0 Å². The normalized spacial score (nSPS) is 11.5. The zero-order valence-electron chi connectivity index (χ0n) is 12.6. The van der Waals surface area contributed by atoms with E-state index in [1.165, 1.54) is 0 Å². The Morgan fingerprint density at radius 2 is 1.79 bits per heavy atom. The number of carbonyl (C=O) groups excluding carboxylic acids is 1. The van der Waals surface area contributed by atoms with Gasteiger partial charge in [0.25, 0.3) is 0 Å². The van der Waals surface area contributed by atoms with Crippen LogP contribution in [0.25, 0.3) is 0 Å². The largest absolute Gasteiger partial charge is 0.289 e. The van der Waals surface area contributed by atoms with Gasteiger partial charge in [0.1, 0.15) is 0 Å². The molecule has 19 heavy (non-hydrogen) atoms. The van der Waals surface area contributed by atoms with E-state index in [0.717, 1.165) is 12.2 Å². The first kappa shape index (κ1) is 17.5. The van der Waals surface area contributed by atoms with Crippen molar-refractivity contribution in [2.24, 2.45) is 10.8 Å². The van der Waals surface area contributed by atoms with Crippen molar-refractivity contribution in [2.45, 2.75) is 54.4 Å². The van der Waals surface area contributed by atoms with Crippen molar-refractivity contribution < 1.29 is 10.0 Å². The Bertz CT molecular complexity index is 362. The second-order valence-corrected chi connectivity index (χ2v) is 6.84. The summed E-state index contributed by atoms with van der Waals surface area (Å²) in [5.74, 6) is 0.454. The molecule has 0 aliphatic carbocycles. The van der Waals surface area contributed by atoms with Gasteiger partial charge in [-0.3, -0.25) is 10.0 Å². The highest BCUT2D eigenvalue weighted by Gasteiger charge is 2.14. The standard InChI is InChI=1S/C6H12N4.C6H13NO2/c1-6(2,3)4-5-7-9-10-8-5;1-6(2,3)4-5(8)7-9/h4H2,1-3H3,(H,7,8,9,10);9H,4H2,1-3H3,(H,7,8). The molecule has 1 amide bonds. The molecule has 0 atom stereocenters. The summed E-state index contributed by atoms with van der Waals surface area (Å²) in [6.45, 7) is 12.2. The van der Waals surface area contributed by atoms with Crippen molar-refractivity contribution in [3.05, 3.63) is 5.82 Å². The van der Waals surface area contributed by atoms with Crippen LogP contribution in [0.5, 0.6) is 0 Å². The van der Waals surface area contributed by atoms with E-state index < -0.39 is 0 Å². The number of hydrogen-bond donors (Lipinski definition) is 3. The summed E-state index contributed by atoms with van der Waals surface area (Å²) >= 11 is 0. The van der Waals surface area contributed by atoms with Gasteiger partial charge in [0.05, 0.1) is 0 Å². The monoisotopic (exact) mass is 271 g/mol. The molecule has 3 N–H and O–H groups in total. The van der Waals surface area contributed by atoms with Crippen LogP contribution in [-0.4, -0.2) is 31.7 Å². The fourth-order valence-corrected chi connectivity index (χ4v) is 1.25. The minimum atomic E-state index is -0.331. The van der Waals surface area contributed by atoms with E-state index in [1.807, 2.05) is 20.8 Å². The van der Waals surface area contributed by atoms with Gasteiger partial charge in [-0.05, 0) is 10.8 Å². The summed E-state index contributed by atoms with van der Waals surface area (Å²) in [4.78, 5) is 10.5. The summed E-state index contributed by atoms with van der Waals surface area (Å²) in [5, 5.41) is 21.7. The molecular weight excluding hydrogens is 246 g/mol. The van der Waals surface area contributed by atoms with Crippen molar-refractivity contribution in [1.82, 2.24) is 26.1 Å². The zero-order valence-corrected chi connectivity index (χ0v) is 12.6. The predicted molar refractivity (Wildman–Crippen MR) is 71.3 cm³/mol. The SMILES string of the molecule is CC(C)(C)CC(=O)NO.CC(C)(C)Cc1nn[nH]n1. The van der Waals surface area contributed by atoms with Crippen molar-refractivity contribution in [3.8, 4) is 0 Å². The molecule has 1 aromatic heterocycles. The van der Waals surface area contributed by atoms with Gasteiger partial charge in [0.15, 0.2) is 5.82 Å². The second-order valence-electron chi connectivity index (χ2n) is 6.84. The average molecular weight is 271 g/mol. The van der Waals surface area contributed by atoms with Gasteiger partial charge in [0.2, 0.25) is 5.91 Å². The molecule has 0 aliphatic heterocycles. The lowest BCUT2D eigenvalue weighted by atomic mass is 9.92. The number of H-pyrrole nitrogens is 1. The van der Waals surface area contributed by atoms with E-state index in [9.17, 15) is 4.79 Å². The summed E-state index contributed by atoms with van der Waals surface area (Å²) in [6.07, 6.45) is 1.22. The van der Waals surface area contributed by atoms with Crippen LogP contribution >= 0.6 is 0 Å². The number of aromatic nitrogens is 4. The average Bonchev–Trinajstić information content (AvgIpc) is 2.66. The number of tetrazole rings is 1. The minimum absolute atomic E-state index is 0.0488. The number of nitrogens with one attached hydrogen (secondary N) is 2. The summed E-state index contributed by atoms with van der Waals surface area (Å²) < 4.78 is 0. The molecule has 1 rings (SSSR count). The van der Waals surface area contributed by atoms with Crippen molar-refractivity contribution in [3.63, 3.8) is 0 Å². The van der Waals surface area contributed by atoms with Crippen LogP contribution in [0, 0.1) is 10.8 Å². The van der Waals surface area contributed by atoms with E-state index in [0.29, 0.717) is 6.42 Å². The number of carbonyl (C=O) groups is 1. The van der Waals surface area contributed by atoms with Crippen LogP contribution in [-0.2, 0) is 11.2 Å². The minimum Gasteiger partial charge on any atom is -0.289 e. The molecule has 0 aromatic carbocycles. The third kappa shape index (κ3) is 11.3. The van der Waals surface area contributed by atoms with Gasteiger partial charge in [-0.1, -0.05) is 46.8 Å². The number of hydrogen-bond acceptors (Lipinski definition) is 5. The lowest BCUT2D eigenvalue weighted by Crippen LogP contribution is -2.24. The molecule has 1 heterocycles. The highest BCUT2D eigenvalue weighted by atomic mass is 16.5. The third-order valence-electron chi connectivity index (χ3n) is 1.89. The first-order chi connectivity index (χ1) is 8.53. The molecule has 0 saturated heterocycles. The fraction of sp³-hybridized carbons (Fsp3) is 0.833. The molecule has 0 unspecified atom stereocenters. The Morgan fingerprint density at radius 1 is 1.21 bits per heavy atom. The molecule has 0 radical (unpaired) electrons. The summed E-state index contributed by atoms with van der Waals surface area (Å²) in [5.41, 5.74) is 1.77. The predicted octanol–water partition coefficient (Wildman–Crippen LogP) is 1.72. The van der Waals surface area contributed by atoms with Crippen LogP contribution < -0.4 is 5.48 Å². The number of nitrogens with zero attached hydrogens (tertiary/aromatic N) is 3.